The van der Waals surface area contributed by atoms with Crippen LogP contribution in [-0.4, -0.2) is 51.8 Å². The maximum Gasteiger partial charge on any atom is 0.232 e. The molecule has 2 aliphatic carbocycles. The van der Waals surface area contributed by atoms with E-state index in [4.69, 9.17) is 5.26 Å². The van der Waals surface area contributed by atoms with Crippen molar-refractivity contribution in [1.29, 1.82) is 5.26 Å². The van der Waals surface area contributed by atoms with Crippen molar-refractivity contribution in [2.75, 3.05) is 19.4 Å². The van der Waals surface area contributed by atoms with Gasteiger partial charge in [0, 0.05) is 59.2 Å². The molecule has 0 amide bonds. The van der Waals surface area contributed by atoms with Crippen LogP contribution in [-0.2, 0) is 0 Å². The summed E-state index contributed by atoms with van der Waals surface area (Å²) in [6, 6.07) is 5.79. The summed E-state index contributed by atoms with van der Waals surface area (Å²) in [5.74, 6) is -0.269. The zero-order chi connectivity index (χ0) is 23.8. The highest BCUT2D eigenvalue weighted by molar-refractivity contribution is 6.10. The number of carbonyl (C=O) groups excluding carboxylic acids is 1. The third kappa shape index (κ3) is 4.36. The summed E-state index contributed by atoms with van der Waals surface area (Å²) in [6.07, 6.45) is 10.5. The zero-order valence-electron chi connectivity index (χ0n) is 19.4. The van der Waals surface area contributed by atoms with Gasteiger partial charge in [0.05, 0.1) is 16.8 Å². The van der Waals surface area contributed by atoms with Crippen LogP contribution < -0.4 is 5.32 Å². The summed E-state index contributed by atoms with van der Waals surface area (Å²) in [5.41, 5.74) is 2.60. The van der Waals surface area contributed by atoms with Crippen molar-refractivity contribution < 1.29 is 9.18 Å². The fraction of sp³-hybridized carbons (Fsp3) is 0.423. The first-order valence-corrected chi connectivity index (χ1v) is 11.8. The number of benzene rings is 1. The van der Waals surface area contributed by atoms with Gasteiger partial charge in [-0.05, 0) is 58.7 Å². The summed E-state index contributed by atoms with van der Waals surface area (Å²) in [5, 5.41) is 13.3. The fourth-order valence-electron chi connectivity index (χ4n) is 4.81. The standard InChI is InChI=1S/C26H27FN6O/c1-33(2)18-7-5-17(6-8-18)32-25-20-9-19(16-12-30-24(11-28)31-13-16)22(27)10-23(20)29-14-21(25)26(34)15-3-4-15/h9-10,12-15,17-18H,3-8H2,1-2H3,(H,29,32). The van der Waals surface area contributed by atoms with Gasteiger partial charge in [-0.25, -0.2) is 14.4 Å². The van der Waals surface area contributed by atoms with E-state index in [1.165, 1.54) is 18.5 Å². The number of pyridine rings is 1. The lowest BCUT2D eigenvalue weighted by molar-refractivity contribution is 0.0968. The number of nitriles is 1. The van der Waals surface area contributed by atoms with Gasteiger partial charge in [-0.3, -0.25) is 9.78 Å². The minimum atomic E-state index is -0.452. The van der Waals surface area contributed by atoms with Crippen molar-refractivity contribution in [3.8, 4) is 17.2 Å². The maximum absolute atomic E-state index is 15.0. The lowest BCUT2D eigenvalue weighted by Gasteiger charge is -2.34. The van der Waals surface area contributed by atoms with Crippen molar-refractivity contribution >= 4 is 22.4 Å². The number of anilines is 1. The third-order valence-electron chi connectivity index (χ3n) is 7.01. The van der Waals surface area contributed by atoms with Crippen molar-refractivity contribution in [1.82, 2.24) is 19.9 Å². The SMILES string of the molecule is CN(C)C1CCC(Nc2c(C(=O)C3CC3)cnc3cc(F)c(-c4cnc(C#N)nc4)cc23)CC1. The van der Waals surface area contributed by atoms with Gasteiger partial charge in [0.25, 0.3) is 0 Å². The molecule has 2 saturated carbocycles. The second-order valence-electron chi connectivity index (χ2n) is 9.56. The van der Waals surface area contributed by atoms with Gasteiger partial charge in [-0.2, -0.15) is 5.26 Å². The Hall–Kier alpha value is -3.44. The van der Waals surface area contributed by atoms with Gasteiger partial charge in [0.15, 0.2) is 5.78 Å². The van der Waals surface area contributed by atoms with Crippen LogP contribution in [0.4, 0.5) is 10.1 Å². The van der Waals surface area contributed by atoms with Crippen LogP contribution in [0.15, 0.2) is 30.7 Å². The molecule has 3 aromatic rings. The fourth-order valence-corrected chi connectivity index (χ4v) is 4.81. The van der Waals surface area contributed by atoms with Crippen LogP contribution in [0.1, 0.15) is 54.7 Å². The normalized spacial score (nSPS) is 20.3. The van der Waals surface area contributed by atoms with Gasteiger partial charge < -0.3 is 10.2 Å². The third-order valence-corrected chi connectivity index (χ3v) is 7.01. The minimum absolute atomic E-state index is 0.0274. The van der Waals surface area contributed by atoms with E-state index in [9.17, 15) is 4.79 Å². The van der Waals surface area contributed by atoms with Gasteiger partial charge in [-0.15, -0.1) is 0 Å². The molecule has 2 fully saturated rings. The molecule has 2 heterocycles. The monoisotopic (exact) mass is 458 g/mol. The molecular weight excluding hydrogens is 431 g/mol. The second-order valence-corrected chi connectivity index (χ2v) is 9.56. The molecule has 0 bridgehead atoms. The van der Waals surface area contributed by atoms with Crippen molar-refractivity contribution in [3.05, 3.63) is 47.9 Å². The summed E-state index contributed by atoms with van der Waals surface area (Å²) in [6.45, 7) is 0. The molecule has 8 heteroatoms. The zero-order valence-corrected chi connectivity index (χ0v) is 19.4. The Morgan fingerprint density at radius 3 is 2.38 bits per heavy atom. The van der Waals surface area contributed by atoms with E-state index in [2.05, 4.69) is 39.3 Å². The molecule has 1 aromatic carbocycles. The number of nitrogens with one attached hydrogen (secondary N) is 1. The Labute approximate surface area is 198 Å². The number of Topliss-reactive ketones (excluding diaryl/α,β-unsaturated/α-hetero) is 1. The molecule has 0 spiro atoms. The van der Waals surface area contributed by atoms with Gasteiger partial charge in [-0.1, -0.05) is 0 Å². The number of ketones is 1. The first-order valence-electron chi connectivity index (χ1n) is 11.8. The predicted molar refractivity (Wildman–Crippen MR) is 128 cm³/mol. The van der Waals surface area contributed by atoms with Crippen LogP contribution in [0.3, 0.4) is 0 Å². The van der Waals surface area contributed by atoms with E-state index in [-0.39, 0.29) is 23.6 Å². The van der Waals surface area contributed by atoms with E-state index in [1.807, 2.05) is 6.07 Å². The Kier molecular flexibility index (Phi) is 5.96. The van der Waals surface area contributed by atoms with Crippen molar-refractivity contribution in [2.24, 2.45) is 5.92 Å². The first kappa shape index (κ1) is 22.4. The molecule has 0 radical (unpaired) electrons. The Morgan fingerprint density at radius 2 is 1.76 bits per heavy atom. The quantitative estimate of drug-likeness (QED) is 0.540. The molecule has 0 saturated heterocycles. The molecular formula is C26H27FN6O. The summed E-state index contributed by atoms with van der Waals surface area (Å²) in [7, 11) is 4.23. The molecule has 34 heavy (non-hydrogen) atoms. The Balaban J connectivity index is 1.57. The molecule has 0 atom stereocenters. The Morgan fingerprint density at radius 1 is 1.06 bits per heavy atom. The first-order chi connectivity index (χ1) is 16.4. The number of nitrogens with zero attached hydrogens (tertiary/aromatic N) is 5. The number of fused-ring (bicyclic) bond motifs is 1. The molecule has 174 valence electrons. The number of halogens is 1. The number of hydrogen-bond donors (Lipinski definition) is 1. The lowest BCUT2D eigenvalue weighted by Crippen LogP contribution is -2.36. The van der Waals surface area contributed by atoms with E-state index in [0.29, 0.717) is 33.6 Å². The highest BCUT2D eigenvalue weighted by Crippen LogP contribution is 2.39. The molecule has 5 rings (SSSR count). The largest absolute Gasteiger partial charge is 0.381 e. The number of aromatic nitrogens is 3. The number of carbonyl (C=O) groups is 1. The smallest absolute Gasteiger partial charge is 0.232 e. The van der Waals surface area contributed by atoms with Crippen molar-refractivity contribution in [3.63, 3.8) is 0 Å². The molecule has 2 aliphatic rings. The minimum Gasteiger partial charge on any atom is -0.381 e. The van der Waals surface area contributed by atoms with Crippen molar-refractivity contribution in [2.45, 2.75) is 50.6 Å². The predicted octanol–water partition coefficient (Wildman–Crippen LogP) is 4.58. The molecule has 1 N–H and O–H groups in total. The summed E-state index contributed by atoms with van der Waals surface area (Å²) >= 11 is 0. The second kappa shape index (κ2) is 9.07. The van der Waals surface area contributed by atoms with E-state index >= 15 is 4.39 Å². The summed E-state index contributed by atoms with van der Waals surface area (Å²) < 4.78 is 15.0. The van der Waals surface area contributed by atoms with Gasteiger partial charge >= 0.3 is 0 Å². The highest BCUT2D eigenvalue weighted by atomic mass is 19.1. The highest BCUT2D eigenvalue weighted by Gasteiger charge is 2.33. The topological polar surface area (TPSA) is 94.8 Å². The number of hydrogen-bond acceptors (Lipinski definition) is 7. The van der Waals surface area contributed by atoms with Crippen LogP contribution in [0, 0.1) is 23.1 Å². The van der Waals surface area contributed by atoms with Crippen LogP contribution >= 0.6 is 0 Å². The summed E-state index contributed by atoms with van der Waals surface area (Å²) in [4.78, 5) is 27.8. The van der Waals surface area contributed by atoms with Crippen LogP contribution in [0.2, 0.25) is 0 Å². The lowest BCUT2D eigenvalue weighted by atomic mass is 9.89. The van der Waals surface area contributed by atoms with E-state index in [0.717, 1.165) is 44.2 Å². The van der Waals surface area contributed by atoms with E-state index in [1.54, 1.807) is 12.3 Å². The number of rotatable bonds is 6. The average Bonchev–Trinajstić information content (AvgIpc) is 3.69. The maximum atomic E-state index is 15.0. The van der Waals surface area contributed by atoms with Gasteiger partial charge in [0.1, 0.15) is 11.9 Å². The molecule has 0 aliphatic heterocycles. The van der Waals surface area contributed by atoms with Crippen LogP contribution in [0.25, 0.3) is 22.0 Å². The van der Waals surface area contributed by atoms with Gasteiger partial charge in [0.2, 0.25) is 5.82 Å². The molecule has 7 nitrogen and oxygen atoms in total. The Bertz CT molecular complexity index is 1270. The average molecular weight is 459 g/mol. The van der Waals surface area contributed by atoms with E-state index < -0.39 is 5.82 Å². The molecule has 0 unspecified atom stereocenters. The molecule has 2 aromatic heterocycles. The van der Waals surface area contributed by atoms with Crippen LogP contribution in [0.5, 0.6) is 0 Å².